The van der Waals surface area contributed by atoms with E-state index >= 15 is 0 Å². The summed E-state index contributed by atoms with van der Waals surface area (Å²) in [5.41, 5.74) is 2.27. The van der Waals surface area contributed by atoms with E-state index in [9.17, 15) is 13.2 Å². The predicted molar refractivity (Wildman–Crippen MR) is 94.6 cm³/mol. The minimum absolute atomic E-state index is 0.0406. The van der Waals surface area contributed by atoms with Crippen LogP contribution in [-0.4, -0.2) is 69.1 Å². The van der Waals surface area contributed by atoms with Crippen LogP contribution >= 0.6 is 0 Å². The molecule has 1 aromatic rings. The number of sulfonamides is 1. The molecule has 0 spiro atoms. The lowest BCUT2D eigenvalue weighted by atomic mass is 10.1. The van der Waals surface area contributed by atoms with E-state index in [1.54, 1.807) is 7.05 Å². The number of likely N-dealkylation sites (tertiary alicyclic amines) is 1. The van der Waals surface area contributed by atoms with Crippen LogP contribution in [0.25, 0.3) is 0 Å². The highest BCUT2D eigenvalue weighted by atomic mass is 32.2. The molecule has 132 valence electrons. The van der Waals surface area contributed by atoms with E-state index in [1.165, 1.54) is 16.1 Å². The second-order valence-electron chi connectivity index (χ2n) is 6.71. The van der Waals surface area contributed by atoms with Gasteiger partial charge in [0.1, 0.15) is 0 Å². The van der Waals surface area contributed by atoms with Gasteiger partial charge in [0.25, 0.3) is 0 Å². The number of para-hydroxylation sites is 1. The van der Waals surface area contributed by atoms with E-state index in [-0.39, 0.29) is 11.9 Å². The number of rotatable bonds is 4. The summed E-state index contributed by atoms with van der Waals surface area (Å²) in [7, 11) is -1.51. The van der Waals surface area contributed by atoms with Gasteiger partial charge in [-0.15, -0.1) is 0 Å². The second kappa shape index (κ2) is 6.82. The minimum Gasteiger partial charge on any atom is -0.311 e. The maximum absolute atomic E-state index is 12.6. The largest absolute Gasteiger partial charge is 0.311 e. The molecule has 1 saturated heterocycles. The number of hydrogen-bond acceptors (Lipinski definition) is 4. The fraction of sp³-hybridized carbons (Fsp3) is 0.588. The zero-order valence-corrected chi connectivity index (χ0v) is 15.1. The standard InChI is InChI=1S/C17H25N3O3S/c1-18(24(2,22)23)15-8-10-19(11-9-15)13-17(21)20-12-7-14-5-3-4-6-16(14)20/h3-6,15H,7-13H2,1-2H3. The van der Waals surface area contributed by atoms with Gasteiger partial charge in [-0.1, -0.05) is 18.2 Å². The topological polar surface area (TPSA) is 60.9 Å². The number of anilines is 1. The molecule has 1 fully saturated rings. The molecule has 3 rings (SSSR count). The Balaban J connectivity index is 1.55. The van der Waals surface area contributed by atoms with Crippen LogP contribution in [0.5, 0.6) is 0 Å². The van der Waals surface area contributed by atoms with Crippen LogP contribution in [0.3, 0.4) is 0 Å². The summed E-state index contributed by atoms with van der Waals surface area (Å²) in [5, 5.41) is 0. The van der Waals surface area contributed by atoms with E-state index in [1.807, 2.05) is 23.1 Å². The Morgan fingerprint density at radius 1 is 1.21 bits per heavy atom. The Morgan fingerprint density at radius 2 is 1.88 bits per heavy atom. The zero-order chi connectivity index (χ0) is 17.3. The molecule has 2 aliphatic heterocycles. The number of piperidine rings is 1. The van der Waals surface area contributed by atoms with Crippen molar-refractivity contribution in [1.82, 2.24) is 9.21 Å². The van der Waals surface area contributed by atoms with Crippen LogP contribution in [0.4, 0.5) is 5.69 Å². The smallest absolute Gasteiger partial charge is 0.241 e. The van der Waals surface area contributed by atoms with Gasteiger partial charge < -0.3 is 4.90 Å². The fourth-order valence-corrected chi connectivity index (χ4v) is 4.34. The molecule has 0 saturated carbocycles. The molecule has 1 aromatic carbocycles. The van der Waals surface area contributed by atoms with E-state index in [0.29, 0.717) is 6.54 Å². The molecule has 24 heavy (non-hydrogen) atoms. The zero-order valence-electron chi connectivity index (χ0n) is 14.3. The Bertz CT molecular complexity index is 712. The summed E-state index contributed by atoms with van der Waals surface area (Å²) in [6.45, 7) is 2.67. The quantitative estimate of drug-likeness (QED) is 0.810. The number of benzene rings is 1. The molecule has 0 atom stereocenters. The van der Waals surface area contributed by atoms with Gasteiger partial charge in [-0.3, -0.25) is 9.69 Å². The normalized spacial score (nSPS) is 19.7. The third-order valence-corrected chi connectivity index (χ3v) is 6.49. The van der Waals surface area contributed by atoms with Crippen molar-refractivity contribution in [1.29, 1.82) is 0 Å². The lowest BCUT2D eigenvalue weighted by Crippen LogP contribution is -2.48. The van der Waals surface area contributed by atoms with Crippen LogP contribution in [0, 0.1) is 0 Å². The molecule has 1 amide bonds. The molecule has 2 heterocycles. The van der Waals surface area contributed by atoms with Crippen molar-refractivity contribution in [3.8, 4) is 0 Å². The Labute approximate surface area is 144 Å². The van der Waals surface area contributed by atoms with E-state index < -0.39 is 10.0 Å². The number of nitrogens with zero attached hydrogens (tertiary/aromatic N) is 3. The first-order chi connectivity index (χ1) is 11.4. The van der Waals surface area contributed by atoms with Gasteiger partial charge in [-0.2, -0.15) is 0 Å². The summed E-state index contributed by atoms with van der Waals surface area (Å²) in [6, 6.07) is 8.11. The highest BCUT2D eigenvalue weighted by Crippen LogP contribution is 2.27. The van der Waals surface area contributed by atoms with Gasteiger partial charge in [-0.05, 0) is 30.9 Å². The lowest BCUT2D eigenvalue weighted by molar-refractivity contribution is -0.120. The van der Waals surface area contributed by atoms with Crippen molar-refractivity contribution in [2.45, 2.75) is 25.3 Å². The highest BCUT2D eigenvalue weighted by Gasteiger charge is 2.30. The summed E-state index contributed by atoms with van der Waals surface area (Å²) in [4.78, 5) is 16.6. The van der Waals surface area contributed by atoms with Crippen LogP contribution < -0.4 is 4.90 Å². The molecule has 0 radical (unpaired) electrons. The highest BCUT2D eigenvalue weighted by molar-refractivity contribution is 7.88. The number of fused-ring (bicyclic) bond motifs is 1. The molecule has 0 unspecified atom stereocenters. The maximum atomic E-state index is 12.6. The summed E-state index contributed by atoms with van der Waals surface area (Å²) < 4.78 is 24.7. The monoisotopic (exact) mass is 351 g/mol. The predicted octanol–water partition coefficient (Wildman–Crippen LogP) is 0.931. The Kier molecular flexibility index (Phi) is 4.94. The van der Waals surface area contributed by atoms with Crippen LogP contribution in [0.1, 0.15) is 18.4 Å². The minimum atomic E-state index is -3.15. The van der Waals surface area contributed by atoms with E-state index in [4.69, 9.17) is 0 Å². The van der Waals surface area contributed by atoms with Crippen LogP contribution in [-0.2, 0) is 21.2 Å². The van der Waals surface area contributed by atoms with Crippen molar-refractivity contribution in [2.75, 3.05) is 44.4 Å². The molecule has 0 aromatic heterocycles. The number of carbonyl (C=O) groups is 1. The number of carbonyl (C=O) groups excluding carboxylic acids is 1. The molecular formula is C17H25N3O3S. The van der Waals surface area contributed by atoms with Crippen molar-refractivity contribution in [3.63, 3.8) is 0 Å². The van der Waals surface area contributed by atoms with Gasteiger partial charge in [0.15, 0.2) is 0 Å². The molecule has 7 heteroatoms. The SMILES string of the molecule is CN(C1CCN(CC(=O)N2CCc3ccccc32)CC1)S(C)(=O)=O. The van der Waals surface area contributed by atoms with Crippen molar-refractivity contribution >= 4 is 21.6 Å². The van der Waals surface area contributed by atoms with Gasteiger partial charge in [-0.25, -0.2) is 12.7 Å². The van der Waals surface area contributed by atoms with E-state index in [0.717, 1.165) is 44.6 Å². The third-order valence-electron chi connectivity index (χ3n) is 5.14. The summed E-state index contributed by atoms with van der Waals surface area (Å²) >= 11 is 0. The Morgan fingerprint density at radius 3 is 2.54 bits per heavy atom. The number of hydrogen-bond donors (Lipinski definition) is 0. The van der Waals surface area contributed by atoms with Crippen LogP contribution in [0.15, 0.2) is 24.3 Å². The molecule has 2 aliphatic rings. The summed E-state index contributed by atoms with van der Waals surface area (Å²) in [5.74, 6) is 0.134. The molecule has 6 nitrogen and oxygen atoms in total. The molecule has 0 aliphatic carbocycles. The first-order valence-corrected chi connectivity index (χ1v) is 10.2. The Hall–Kier alpha value is -1.44. The average molecular weight is 351 g/mol. The van der Waals surface area contributed by atoms with Gasteiger partial charge in [0.05, 0.1) is 12.8 Å². The van der Waals surface area contributed by atoms with Crippen molar-refractivity contribution in [2.24, 2.45) is 0 Å². The lowest BCUT2D eigenvalue weighted by Gasteiger charge is -2.35. The van der Waals surface area contributed by atoms with Crippen molar-refractivity contribution < 1.29 is 13.2 Å². The molecular weight excluding hydrogens is 326 g/mol. The average Bonchev–Trinajstić information content (AvgIpc) is 2.98. The van der Waals surface area contributed by atoms with Gasteiger partial charge >= 0.3 is 0 Å². The summed E-state index contributed by atoms with van der Waals surface area (Å²) in [6.07, 6.45) is 3.71. The fourth-order valence-electron chi connectivity index (χ4n) is 3.59. The third kappa shape index (κ3) is 3.63. The molecule has 0 N–H and O–H groups in total. The first kappa shape index (κ1) is 17.4. The first-order valence-electron chi connectivity index (χ1n) is 8.40. The number of amides is 1. The van der Waals surface area contributed by atoms with Crippen LogP contribution in [0.2, 0.25) is 0 Å². The molecule has 0 bridgehead atoms. The van der Waals surface area contributed by atoms with Crippen molar-refractivity contribution in [3.05, 3.63) is 29.8 Å². The second-order valence-corrected chi connectivity index (χ2v) is 8.75. The maximum Gasteiger partial charge on any atom is 0.241 e. The van der Waals surface area contributed by atoms with Gasteiger partial charge in [0, 0.05) is 38.4 Å². The van der Waals surface area contributed by atoms with E-state index in [2.05, 4.69) is 11.0 Å². The van der Waals surface area contributed by atoms with Gasteiger partial charge in [0.2, 0.25) is 15.9 Å².